The summed E-state index contributed by atoms with van der Waals surface area (Å²) in [6, 6.07) is 7.69. The number of rotatable bonds is 7. The highest BCUT2D eigenvalue weighted by atomic mass is 32.2. The Morgan fingerprint density at radius 1 is 1.19 bits per heavy atom. The van der Waals surface area contributed by atoms with Gasteiger partial charge in [-0.05, 0) is 25.1 Å². The number of ether oxygens (including phenoxy) is 1. The Hall–Kier alpha value is -3.19. The van der Waals surface area contributed by atoms with E-state index in [-0.39, 0.29) is 12.2 Å². The molecule has 168 valence electrons. The Morgan fingerprint density at radius 2 is 1.77 bits per heavy atom. The highest BCUT2D eigenvalue weighted by Crippen LogP contribution is 2.40. The molecule has 0 unspecified atom stereocenters. The van der Waals surface area contributed by atoms with Gasteiger partial charge in [0, 0.05) is 24.2 Å². The lowest BCUT2D eigenvalue weighted by atomic mass is 9.93. The molecule has 0 bridgehead atoms. The third-order valence-electron chi connectivity index (χ3n) is 4.37. The van der Waals surface area contributed by atoms with Gasteiger partial charge in [0.05, 0.1) is 22.6 Å². The minimum Gasteiger partial charge on any atom is -0.466 e. The third-order valence-corrected chi connectivity index (χ3v) is 6.27. The van der Waals surface area contributed by atoms with Gasteiger partial charge in [-0.2, -0.15) is 13.2 Å². The Balaban J connectivity index is 2.52. The molecule has 0 saturated carbocycles. The van der Waals surface area contributed by atoms with E-state index in [2.05, 4.69) is 4.74 Å². The standard InChI is InChI=1S/C18H17F3N2O7S/c1-3-22(31(28,29)15-6-4-5-14(11-15)23(26)27)13-9-7-12(8-10-13)17(25,16(24)30-2)18(19,20)21/h4-11,25H,3H2,1-2H3/t17-/m0/s1. The van der Waals surface area contributed by atoms with Gasteiger partial charge < -0.3 is 9.84 Å². The van der Waals surface area contributed by atoms with Gasteiger partial charge in [-0.25, -0.2) is 13.2 Å². The molecule has 0 aliphatic heterocycles. The summed E-state index contributed by atoms with van der Waals surface area (Å²) in [6.45, 7) is 1.29. The number of benzene rings is 2. The average molecular weight is 462 g/mol. The van der Waals surface area contributed by atoms with E-state index in [4.69, 9.17) is 0 Å². The highest BCUT2D eigenvalue weighted by molar-refractivity contribution is 7.92. The quantitative estimate of drug-likeness (QED) is 0.381. The minimum absolute atomic E-state index is 0.0906. The van der Waals surface area contributed by atoms with Crippen LogP contribution in [0.3, 0.4) is 0 Å². The van der Waals surface area contributed by atoms with Gasteiger partial charge in [0.2, 0.25) is 0 Å². The van der Waals surface area contributed by atoms with Crippen LogP contribution in [0.5, 0.6) is 0 Å². The first-order valence-electron chi connectivity index (χ1n) is 8.56. The van der Waals surface area contributed by atoms with E-state index in [0.717, 1.165) is 46.8 Å². The molecule has 1 N–H and O–H groups in total. The maximum atomic E-state index is 13.4. The molecule has 13 heteroatoms. The third kappa shape index (κ3) is 4.32. The fourth-order valence-corrected chi connectivity index (χ4v) is 4.30. The molecule has 1 atom stereocenters. The van der Waals surface area contributed by atoms with Crippen molar-refractivity contribution in [3.8, 4) is 0 Å². The fraction of sp³-hybridized carbons (Fsp3) is 0.278. The van der Waals surface area contributed by atoms with E-state index < -0.39 is 48.8 Å². The molecule has 0 spiro atoms. The number of sulfonamides is 1. The number of carbonyl (C=O) groups is 1. The monoisotopic (exact) mass is 462 g/mol. The van der Waals surface area contributed by atoms with Crippen molar-refractivity contribution in [3.63, 3.8) is 0 Å². The maximum Gasteiger partial charge on any atom is 0.432 e. The van der Waals surface area contributed by atoms with Crippen LogP contribution in [0.4, 0.5) is 24.5 Å². The Labute approximate surface area is 174 Å². The molecule has 0 amide bonds. The number of nitro groups is 1. The topological polar surface area (TPSA) is 127 Å². The van der Waals surface area contributed by atoms with Crippen LogP contribution in [0.2, 0.25) is 0 Å². The molecule has 2 aromatic carbocycles. The second-order valence-corrected chi connectivity index (χ2v) is 8.03. The average Bonchev–Trinajstić information content (AvgIpc) is 2.72. The molecule has 0 radical (unpaired) electrons. The van der Waals surface area contributed by atoms with E-state index >= 15 is 0 Å². The number of anilines is 1. The van der Waals surface area contributed by atoms with Crippen molar-refractivity contribution >= 4 is 27.4 Å². The lowest BCUT2D eigenvalue weighted by Crippen LogP contribution is -2.49. The van der Waals surface area contributed by atoms with Crippen molar-refractivity contribution in [3.05, 3.63) is 64.2 Å². The summed E-state index contributed by atoms with van der Waals surface area (Å²) < 4.78 is 70.8. The first-order chi connectivity index (χ1) is 14.3. The number of esters is 1. The minimum atomic E-state index is -5.40. The van der Waals surface area contributed by atoms with E-state index in [1.807, 2.05) is 0 Å². The zero-order valence-electron chi connectivity index (χ0n) is 16.2. The lowest BCUT2D eigenvalue weighted by molar-refractivity contribution is -0.385. The molecule has 0 heterocycles. The second-order valence-electron chi connectivity index (χ2n) is 6.17. The number of halogens is 3. The van der Waals surface area contributed by atoms with Gasteiger partial charge in [-0.15, -0.1) is 0 Å². The molecule has 0 aromatic heterocycles. The van der Waals surface area contributed by atoms with Crippen molar-refractivity contribution in [1.82, 2.24) is 0 Å². The molecular weight excluding hydrogens is 445 g/mol. The normalized spacial score (nSPS) is 13.9. The van der Waals surface area contributed by atoms with E-state index in [9.17, 15) is 41.6 Å². The van der Waals surface area contributed by atoms with Crippen molar-refractivity contribution < 1.29 is 41.2 Å². The molecular formula is C18H17F3N2O7S. The van der Waals surface area contributed by atoms with Gasteiger partial charge in [-0.3, -0.25) is 14.4 Å². The SMILES string of the molecule is CCN(c1ccc([C@](O)(C(=O)OC)C(F)(F)F)cc1)S(=O)(=O)c1cccc([N+](=O)[O-])c1. The molecule has 2 aromatic rings. The van der Waals surface area contributed by atoms with Gasteiger partial charge in [0.15, 0.2) is 0 Å². The van der Waals surface area contributed by atoms with Crippen LogP contribution >= 0.6 is 0 Å². The van der Waals surface area contributed by atoms with Crippen molar-refractivity contribution in [2.24, 2.45) is 0 Å². The highest BCUT2D eigenvalue weighted by Gasteiger charge is 2.62. The van der Waals surface area contributed by atoms with Gasteiger partial charge in [0.1, 0.15) is 0 Å². The van der Waals surface area contributed by atoms with E-state index in [0.29, 0.717) is 7.11 Å². The summed E-state index contributed by atoms with van der Waals surface area (Å²) in [5.41, 5.74) is -5.37. The zero-order valence-corrected chi connectivity index (χ0v) is 17.0. The van der Waals surface area contributed by atoms with Crippen LogP contribution in [0.15, 0.2) is 53.4 Å². The van der Waals surface area contributed by atoms with Crippen molar-refractivity contribution in [2.45, 2.75) is 23.6 Å². The number of methoxy groups -OCH3 is 1. The molecule has 0 aliphatic carbocycles. The van der Waals surface area contributed by atoms with Crippen LogP contribution in [-0.2, 0) is 25.2 Å². The van der Waals surface area contributed by atoms with E-state index in [1.54, 1.807) is 0 Å². The predicted octanol–water partition coefficient (Wildman–Crippen LogP) is 2.73. The van der Waals surface area contributed by atoms with Crippen LogP contribution in [0.1, 0.15) is 12.5 Å². The van der Waals surface area contributed by atoms with Crippen molar-refractivity contribution in [2.75, 3.05) is 18.0 Å². The number of hydrogen-bond donors (Lipinski definition) is 1. The summed E-state index contributed by atoms with van der Waals surface area (Å²) in [6.07, 6.45) is -5.40. The van der Waals surface area contributed by atoms with Crippen LogP contribution < -0.4 is 4.31 Å². The molecule has 0 aliphatic rings. The molecule has 0 fully saturated rings. The number of aliphatic hydroxyl groups is 1. The molecule has 2 rings (SSSR count). The number of carbonyl (C=O) groups excluding carboxylic acids is 1. The number of non-ortho nitro benzene ring substituents is 1. The summed E-state index contributed by atoms with van der Waals surface area (Å²) in [5.74, 6) is -1.95. The van der Waals surface area contributed by atoms with Gasteiger partial charge in [-0.1, -0.05) is 18.2 Å². The molecule has 0 saturated heterocycles. The summed E-state index contributed by atoms with van der Waals surface area (Å²) >= 11 is 0. The second kappa shape index (κ2) is 8.51. The summed E-state index contributed by atoms with van der Waals surface area (Å²) in [4.78, 5) is 21.4. The van der Waals surface area contributed by atoms with Gasteiger partial charge >= 0.3 is 12.1 Å². The van der Waals surface area contributed by atoms with Gasteiger partial charge in [0.25, 0.3) is 21.3 Å². The maximum absolute atomic E-state index is 13.4. The fourth-order valence-electron chi connectivity index (χ4n) is 2.79. The lowest BCUT2D eigenvalue weighted by Gasteiger charge is -2.29. The first-order valence-corrected chi connectivity index (χ1v) is 10.00. The number of hydrogen-bond acceptors (Lipinski definition) is 7. The Morgan fingerprint density at radius 3 is 2.23 bits per heavy atom. The predicted molar refractivity (Wildman–Crippen MR) is 102 cm³/mol. The largest absolute Gasteiger partial charge is 0.466 e. The number of nitrogens with zero attached hydrogens (tertiary/aromatic N) is 2. The number of nitro benzene ring substituents is 1. The van der Waals surface area contributed by atoms with E-state index in [1.165, 1.54) is 13.0 Å². The molecule has 31 heavy (non-hydrogen) atoms. The molecule has 9 nitrogen and oxygen atoms in total. The van der Waals surface area contributed by atoms with Crippen LogP contribution in [-0.4, -0.2) is 44.2 Å². The Bertz CT molecular complexity index is 1090. The van der Waals surface area contributed by atoms with Crippen molar-refractivity contribution in [1.29, 1.82) is 0 Å². The Kier molecular flexibility index (Phi) is 6.61. The van der Waals surface area contributed by atoms with Crippen LogP contribution in [0, 0.1) is 10.1 Å². The number of alkyl halides is 3. The zero-order chi connectivity index (χ0) is 23.6. The summed E-state index contributed by atoms with van der Waals surface area (Å²) in [5, 5.41) is 20.9. The smallest absolute Gasteiger partial charge is 0.432 e. The van der Waals surface area contributed by atoms with Crippen LogP contribution in [0.25, 0.3) is 0 Å². The summed E-state index contributed by atoms with van der Waals surface area (Å²) in [7, 11) is -3.63. The first kappa shape index (κ1) is 24.1.